The first-order valence-corrected chi connectivity index (χ1v) is 9.04. The number of rotatable bonds is 3. The Labute approximate surface area is 156 Å². The van der Waals surface area contributed by atoms with E-state index in [-0.39, 0.29) is 0 Å². The van der Waals surface area contributed by atoms with Gasteiger partial charge >= 0.3 is 0 Å². The third-order valence-electron chi connectivity index (χ3n) is 4.92. The first kappa shape index (κ1) is 16.4. The van der Waals surface area contributed by atoms with Gasteiger partial charge in [0.1, 0.15) is 0 Å². The van der Waals surface area contributed by atoms with Crippen LogP contribution in [0, 0.1) is 5.92 Å². The van der Waals surface area contributed by atoms with Gasteiger partial charge < -0.3 is 4.90 Å². The number of allylic oxidation sites excluding steroid dienone is 9. The second-order valence-electron chi connectivity index (χ2n) is 6.91. The van der Waals surface area contributed by atoms with E-state index < -0.39 is 0 Å². The number of anilines is 1. The molecule has 0 bridgehead atoms. The van der Waals surface area contributed by atoms with Crippen molar-refractivity contribution in [3.05, 3.63) is 108 Å². The maximum atomic E-state index is 2.34. The van der Waals surface area contributed by atoms with E-state index in [1.807, 2.05) is 0 Å². The van der Waals surface area contributed by atoms with Gasteiger partial charge in [0.25, 0.3) is 0 Å². The normalized spacial score (nSPS) is 17.3. The van der Waals surface area contributed by atoms with Crippen molar-refractivity contribution in [2.75, 3.05) is 19.0 Å². The average Bonchev–Trinajstić information content (AvgIpc) is 2.83. The summed E-state index contributed by atoms with van der Waals surface area (Å²) in [5.41, 5.74) is 7.76. The van der Waals surface area contributed by atoms with Gasteiger partial charge in [0.15, 0.2) is 0 Å². The van der Waals surface area contributed by atoms with E-state index in [0.717, 1.165) is 0 Å². The Kier molecular flexibility index (Phi) is 4.45. The number of benzene rings is 2. The lowest BCUT2D eigenvalue weighted by Crippen LogP contribution is -2.07. The van der Waals surface area contributed by atoms with Crippen LogP contribution in [0.15, 0.2) is 91.1 Å². The van der Waals surface area contributed by atoms with Crippen LogP contribution in [0.2, 0.25) is 0 Å². The molecule has 2 aliphatic carbocycles. The van der Waals surface area contributed by atoms with Crippen LogP contribution in [0.3, 0.4) is 0 Å². The summed E-state index contributed by atoms with van der Waals surface area (Å²) >= 11 is 0. The van der Waals surface area contributed by atoms with Crippen molar-refractivity contribution in [2.45, 2.75) is 0 Å². The van der Waals surface area contributed by atoms with E-state index in [9.17, 15) is 0 Å². The zero-order valence-electron chi connectivity index (χ0n) is 15.3. The third-order valence-corrected chi connectivity index (χ3v) is 4.92. The molecular weight excluding hydrogens is 314 g/mol. The molecule has 128 valence electrons. The summed E-state index contributed by atoms with van der Waals surface area (Å²) in [6.45, 7) is 0. The monoisotopic (exact) mass is 337 g/mol. The molecule has 1 heteroatoms. The summed E-state index contributed by atoms with van der Waals surface area (Å²) in [6.07, 6.45) is 17.6. The Morgan fingerprint density at radius 1 is 0.769 bits per heavy atom. The molecule has 0 N–H and O–H groups in total. The fourth-order valence-corrected chi connectivity index (χ4v) is 3.52. The van der Waals surface area contributed by atoms with E-state index in [4.69, 9.17) is 0 Å². The fourth-order valence-electron chi connectivity index (χ4n) is 3.52. The van der Waals surface area contributed by atoms with Gasteiger partial charge in [-0.25, -0.2) is 0 Å². The van der Waals surface area contributed by atoms with Gasteiger partial charge in [-0.2, -0.15) is 0 Å². The van der Waals surface area contributed by atoms with Crippen molar-refractivity contribution in [1.82, 2.24) is 0 Å². The molecule has 0 heterocycles. The summed E-state index contributed by atoms with van der Waals surface area (Å²) in [7, 11) is 4.14. The zero-order chi connectivity index (χ0) is 17.9. The van der Waals surface area contributed by atoms with Crippen molar-refractivity contribution >= 4 is 22.9 Å². The maximum absolute atomic E-state index is 2.34. The molecule has 0 atom stereocenters. The topological polar surface area (TPSA) is 3.24 Å². The van der Waals surface area contributed by atoms with Gasteiger partial charge in [0.2, 0.25) is 0 Å². The van der Waals surface area contributed by atoms with Gasteiger partial charge in [-0.05, 0) is 52.1 Å². The van der Waals surface area contributed by atoms with Crippen LogP contribution in [0.25, 0.3) is 17.2 Å². The van der Waals surface area contributed by atoms with Crippen LogP contribution in [0.1, 0.15) is 16.7 Å². The Hall–Kier alpha value is -3.06. The van der Waals surface area contributed by atoms with Crippen LogP contribution in [-0.2, 0) is 0 Å². The van der Waals surface area contributed by atoms with E-state index in [1.54, 1.807) is 0 Å². The lowest BCUT2D eigenvalue weighted by atomic mass is 9.93. The van der Waals surface area contributed by atoms with Gasteiger partial charge in [0, 0.05) is 25.7 Å². The van der Waals surface area contributed by atoms with Crippen molar-refractivity contribution in [2.24, 2.45) is 5.92 Å². The minimum absolute atomic E-state index is 0.313. The quantitative estimate of drug-likeness (QED) is 0.665. The number of hydrogen-bond acceptors (Lipinski definition) is 1. The Balaban J connectivity index is 1.74. The van der Waals surface area contributed by atoms with Crippen LogP contribution in [0.5, 0.6) is 0 Å². The fraction of sp³-hybridized carbons (Fsp3) is 0.120. The standard InChI is InChI=1S/C25H23N/c1-26(2)22-15-13-19(14-16-22)17-21-18-25(20-9-5-3-4-6-10-20)24-12-8-7-11-23(21)24/h3-18,20H,1-2H3/b21-17+. The van der Waals surface area contributed by atoms with E-state index in [0.29, 0.717) is 5.92 Å². The first-order valence-electron chi connectivity index (χ1n) is 9.04. The Morgan fingerprint density at radius 2 is 1.42 bits per heavy atom. The molecule has 2 aromatic carbocycles. The molecule has 0 aliphatic heterocycles. The van der Waals surface area contributed by atoms with Crippen molar-refractivity contribution in [3.63, 3.8) is 0 Å². The van der Waals surface area contributed by atoms with Crippen LogP contribution in [0.4, 0.5) is 5.69 Å². The van der Waals surface area contributed by atoms with E-state index in [1.165, 1.54) is 33.5 Å². The highest BCUT2D eigenvalue weighted by atomic mass is 15.1. The zero-order valence-corrected chi connectivity index (χ0v) is 15.3. The van der Waals surface area contributed by atoms with Gasteiger partial charge in [0.05, 0.1) is 0 Å². The van der Waals surface area contributed by atoms with Gasteiger partial charge in [-0.15, -0.1) is 0 Å². The summed E-state index contributed by atoms with van der Waals surface area (Å²) in [5.74, 6) is 0.313. The third kappa shape index (κ3) is 3.21. The minimum atomic E-state index is 0.313. The molecule has 1 nitrogen and oxygen atoms in total. The molecule has 0 aromatic heterocycles. The van der Waals surface area contributed by atoms with Crippen molar-refractivity contribution in [3.8, 4) is 0 Å². The molecule has 2 aliphatic rings. The first-order chi connectivity index (χ1) is 12.7. The van der Waals surface area contributed by atoms with Gasteiger partial charge in [-0.1, -0.05) is 72.9 Å². The highest BCUT2D eigenvalue weighted by Crippen LogP contribution is 2.41. The molecule has 0 saturated carbocycles. The molecule has 2 aromatic rings. The molecular formula is C25H23N. The summed E-state index contributed by atoms with van der Waals surface area (Å²) in [6, 6.07) is 17.4. The van der Waals surface area contributed by atoms with Crippen molar-refractivity contribution in [1.29, 1.82) is 0 Å². The predicted molar refractivity (Wildman–Crippen MR) is 114 cm³/mol. The summed E-state index contributed by atoms with van der Waals surface area (Å²) < 4.78 is 0. The van der Waals surface area contributed by atoms with E-state index in [2.05, 4.69) is 116 Å². The number of hydrogen-bond donors (Lipinski definition) is 0. The molecule has 26 heavy (non-hydrogen) atoms. The molecule has 0 amide bonds. The van der Waals surface area contributed by atoms with Crippen LogP contribution in [-0.4, -0.2) is 14.1 Å². The summed E-state index contributed by atoms with van der Waals surface area (Å²) in [5, 5.41) is 0. The summed E-state index contributed by atoms with van der Waals surface area (Å²) in [4.78, 5) is 2.12. The average molecular weight is 337 g/mol. The lowest BCUT2D eigenvalue weighted by molar-refractivity contribution is 1.10. The van der Waals surface area contributed by atoms with Crippen molar-refractivity contribution < 1.29 is 0 Å². The van der Waals surface area contributed by atoms with Gasteiger partial charge in [-0.3, -0.25) is 0 Å². The molecule has 0 fully saturated rings. The Morgan fingerprint density at radius 3 is 2.08 bits per heavy atom. The molecule has 0 unspecified atom stereocenters. The predicted octanol–water partition coefficient (Wildman–Crippen LogP) is 5.99. The molecule has 0 saturated heterocycles. The smallest absolute Gasteiger partial charge is 0.0361 e. The second kappa shape index (κ2) is 7.05. The van der Waals surface area contributed by atoms with E-state index >= 15 is 0 Å². The number of fused-ring (bicyclic) bond motifs is 1. The molecule has 0 spiro atoms. The molecule has 0 radical (unpaired) electrons. The van der Waals surface area contributed by atoms with Crippen LogP contribution >= 0.6 is 0 Å². The molecule has 4 rings (SSSR count). The van der Waals surface area contributed by atoms with Crippen LogP contribution < -0.4 is 4.90 Å². The maximum Gasteiger partial charge on any atom is 0.0361 e. The minimum Gasteiger partial charge on any atom is -0.378 e. The Bertz CT molecular complexity index is 934. The highest BCUT2D eigenvalue weighted by Gasteiger charge is 2.21. The SMILES string of the molecule is CN(C)c1ccc(/C=C2\C=C(C3C=CC=CC=C3)c3ccccc32)cc1. The number of nitrogens with zero attached hydrogens (tertiary/aromatic N) is 1. The lowest BCUT2D eigenvalue weighted by Gasteiger charge is -2.12. The highest BCUT2D eigenvalue weighted by molar-refractivity contribution is 6.02. The largest absolute Gasteiger partial charge is 0.378 e. The second-order valence-corrected chi connectivity index (χ2v) is 6.91.